The Morgan fingerprint density at radius 3 is 2.42 bits per heavy atom. The minimum Gasteiger partial charge on any atom is -0.0590 e. The highest BCUT2D eigenvalue weighted by Gasteiger charge is 2.04. The van der Waals surface area contributed by atoms with E-state index in [0.29, 0.717) is 5.92 Å². The van der Waals surface area contributed by atoms with Crippen LogP contribution >= 0.6 is 0 Å². The van der Waals surface area contributed by atoms with Crippen molar-refractivity contribution in [2.24, 2.45) is 0 Å². The van der Waals surface area contributed by atoms with Crippen LogP contribution in [-0.2, 0) is 0 Å². The zero-order valence-corrected chi connectivity index (χ0v) is 8.39. The summed E-state index contributed by atoms with van der Waals surface area (Å²) in [4.78, 5) is 0. The summed E-state index contributed by atoms with van der Waals surface area (Å²) in [6.45, 7) is 8.71. The molecule has 0 amide bonds. The molecule has 1 aromatic carbocycles. The molecule has 0 fully saturated rings. The highest BCUT2D eigenvalue weighted by Crippen LogP contribution is 2.21. The normalized spacial score (nSPS) is 10.8. The first kappa shape index (κ1) is 9.31. The van der Waals surface area contributed by atoms with Gasteiger partial charge in [-0.05, 0) is 30.4 Å². The lowest BCUT2D eigenvalue weighted by atomic mass is 9.94. The van der Waals surface area contributed by atoms with Gasteiger partial charge in [-0.25, -0.2) is 0 Å². The lowest BCUT2D eigenvalue weighted by Crippen LogP contribution is -1.94. The SMILES string of the molecule is C[CH]c1ccc(C)cc1C(C)C. The fourth-order valence-corrected chi connectivity index (χ4v) is 1.46. The highest BCUT2D eigenvalue weighted by molar-refractivity contribution is 5.37. The molecule has 0 unspecified atom stereocenters. The van der Waals surface area contributed by atoms with Gasteiger partial charge in [0.25, 0.3) is 0 Å². The summed E-state index contributed by atoms with van der Waals surface area (Å²) in [7, 11) is 0. The minimum atomic E-state index is 0.621. The van der Waals surface area contributed by atoms with Crippen molar-refractivity contribution in [3.63, 3.8) is 0 Å². The molecule has 0 atom stereocenters. The molecule has 1 rings (SSSR count). The number of hydrogen-bond acceptors (Lipinski definition) is 0. The third-order valence-electron chi connectivity index (χ3n) is 2.18. The summed E-state index contributed by atoms with van der Waals surface area (Å²) >= 11 is 0. The third-order valence-corrected chi connectivity index (χ3v) is 2.18. The molecule has 1 radical (unpaired) electrons. The van der Waals surface area contributed by atoms with E-state index in [1.54, 1.807) is 0 Å². The fraction of sp³-hybridized carbons (Fsp3) is 0.417. The molecule has 0 aliphatic rings. The molecule has 0 N–H and O–H groups in total. The van der Waals surface area contributed by atoms with Gasteiger partial charge >= 0.3 is 0 Å². The van der Waals surface area contributed by atoms with Crippen molar-refractivity contribution in [2.45, 2.75) is 33.6 Å². The Morgan fingerprint density at radius 1 is 1.25 bits per heavy atom. The van der Waals surface area contributed by atoms with Crippen molar-refractivity contribution < 1.29 is 0 Å². The van der Waals surface area contributed by atoms with E-state index in [-0.39, 0.29) is 0 Å². The van der Waals surface area contributed by atoms with E-state index in [0.717, 1.165) is 0 Å². The van der Waals surface area contributed by atoms with Gasteiger partial charge in [0, 0.05) is 0 Å². The zero-order valence-electron chi connectivity index (χ0n) is 8.39. The Morgan fingerprint density at radius 2 is 1.92 bits per heavy atom. The smallest absolute Gasteiger partial charge is 0.0121 e. The maximum atomic E-state index is 2.28. The summed E-state index contributed by atoms with van der Waals surface area (Å²) in [5.41, 5.74) is 4.18. The van der Waals surface area contributed by atoms with Crippen LogP contribution in [0.5, 0.6) is 0 Å². The second-order valence-electron chi connectivity index (χ2n) is 3.58. The largest absolute Gasteiger partial charge is 0.0590 e. The van der Waals surface area contributed by atoms with Crippen molar-refractivity contribution in [2.75, 3.05) is 0 Å². The van der Waals surface area contributed by atoms with Gasteiger partial charge < -0.3 is 0 Å². The van der Waals surface area contributed by atoms with Gasteiger partial charge in [0.1, 0.15) is 0 Å². The second-order valence-corrected chi connectivity index (χ2v) is 3.58. The molecular formula is C12H17. The van der Waals surface area contributed by atoms with E-state index in [4.69, 9.17) is 0 Å². The second kappa shape index (κ2) is 3.75. The van der Waals surface area contributed by atoms with Gasteiger partial charge in [0.05, 0.1) is 0 Å². The molecule has 0 aliphatic carbocycles. The molecule has 0 aromatic heterocycles. The van der Waals surface area contributed by atoms with Gasteiger partial charge in [0.15, 0.2) is 0 Å². The third kappa shape index (κ3) is 1.88. The monoisotopic (exact) mass is 161 g/mol. The van der Waals surface area contributed by atoms with Crippen molar-refractivity contribution in [3.05, 3.63) is 41.3 Å². The van der Waals surface area contributed by atoms with E-state index in [2.05, 4.69) is 52.3 Å². The topological polar surface area (TPSA) is 0 Å². The average Bonchev–Trinajstić information content (AvgIpc) is 2.04. The maximum absolute atomic E-state index is 2.28. The van der Waals surface area contributed by atoms with Crippen molar-refractivity contribution >= 4 is 0 Å². The molecule has 0 spiro atoms. The summed E-state index contributed by atoms with van der Waals surface area (Å²) in [6, 6.07) is 6.64. The minimum absolute atomic E-state index is 0.621. The molecule has 0 saturated heterocycles. The average molecular weight is 161 g/mol. The van der Waals surface area contributed by atoms with E-state index < -0.39 is 0 Å². The van der Waals surface area contributed by atoms with Crippen LogP contribution in [0.2, 0.25) is 0 Å². The number of hydrogen-bond donors (Lipinski definition) is 0. The molecule has 1 aromatic rings. The van der Waals surface area contributed by atoms with Gasteiger partial charge in [0.2, 0.25) is 0 Å². The summed E-state index contributed by atoms with van der Waals surface area (Å²) < 4.78 is 0. The van der Waals surface area contributed by atoms with Crippen LogP contribution in [-0.4, -0.2) is 0 Å². The molecule has 0 saturated carbocycles. The Labute approximate surface area is 75.6 Å². The summed E-state index contributed by atoms with van der Waals surface area (Å²) in [6.07, 6.45) is 2.18. The highest BCUT2D eigenvalue weighted by atomic mass is 14.1. The predicted molar refractivity (Wildman–Crippen MR) is 54.3 cm³/mol. The molecule has 0 aliphatic heterocycles. The first-order chi connectivity index (χ1) is 5.65. The lowest BCUT2D eigenvalue weighted by molar-refractivity contribution is 0.856. The Kier molecular flexibility index (Phi) is 2.91. The van der Waals surface area contributed by atoms with Crippen LogP contribution in [0.4, 0.5) is 0 Å². The standard InChI is InChI=1S/C12H17/c1-5-11-7-6-10(4)8-12(11)9(2)3/h5-9H,1-4H3. The van der Waals surface area contributed by atoms with Crippen LogP contribution in [0.25, 0.3) is 0 Å². The Bertz CT molecular complexity index is 259. The molecule has 0 heterocycles. The van der Waals surface area contributed by atoms with Crippen LogP contribution < -0.4 is 0 Å². The van der Waals surface area contributed by atoms with E-state index in [9.17, 15) is 0 Å². The molecule has 0 heteroatoms. The predicted octanol–water partition coefficient (Wildman–Crippen LogP) is 3.69. The van der Waals surface area contributed by atoms with Gasteiger partial charge in [-0.2, -0.15) is 0 Å². The number of benzene rings is 1. The fourth-order valence-electron chi connectivity index (χ4n) is 1.46. The first-order valence-corrected chi connectivity index (χ1v) is 4.55. The van der Waals surface area contributed by atoms with Crippen molar-refractivity contribution in [1.82, 2.24) is 0 Å². The van der Waals surface area contributed by atoms with Crippen LogP contribution in [0.3, 0.4) is 0 Å². The summed E-state index contributed by atoms with van der Waals surface area (Å²) in [5, 5.41) is 0. The molecule has 0 nitrogen and oxygen atoms in total. The number of aryl methyl sites for hydroxylation is 1. The molecular weight excluding hydrogens is 144 g/mol. The Balaban J connectivity index is 3.12. The van der Waals surface area contributed by atoms with E-state index >= 15 is 0 Å². The molecule has 12 heavy (non-hydrogen) atoms. The van der Waals surface area contributed by atoms with Gasteiger partial charge in [-0.1, -0.05) is 44.5 Å². The first-order valence-electron chi connectivity index (χ1n) is 4.55. The lowest BCUT2D eigenvalue weighted by Gasteiger charge is -2.11. The van der Waals surface area contributed by atoms with E-state index in [1.165, 1.54) is 16.7 Å². The molecule has 0 bridgehead atoms. The van der Waals surface area contributed by atoms with Gasteiger partial charge in [-0.15, -0.1) is 0 Å². The zero-order chi connectivity index (χ0) is 9.14. The van der Waals surface area contributed by atoms with Crippen molar-refractivity contribution in [3.8, 4) is 0 Å². The number of rotatable bonds is 2. The Hall–Kier alpha value is -0.780. The van der Waals surface area contributed by atoms with Gasteiger partial charge in [-0.3, -0.25) is 0 Å². The van der Waals surface area contributed by atoms with Crippen LogP contribution in [0.15, 0.2) is 18.2 Å². The van der Waals surface area contributed by atoms with E-state index in [1.807, 2.05) is 0 Å². The molecule has 65 valence electrons. The van der Waals surface area contributed by atoms with Crippen LogP contribution in [0, 0.1) is 13.3 Å². The quantitative estimate of drug-likeness (QED) is 0.620. The maximum Gasteiger partial charge on any atom is -0.0121 e. The van der Waals surface area contributed by atoms with Crippen LogP contribution in [0.1, 0.15) is 43.4 Å². The summed E-state index contributed by atoms with van der Waals surface area (Å²) in [5.74, 6) is 0.621. The van der Waals surface area contributed by atoms with Crippen molar-refractivity contribution in [1.29, 1.82) is 0 Å².